The maximum Gasteiger partial charge on any atom is 0.161 e. The van der Waals surface area contributed by atoms with Crippen molar-refractivity contribution in [3.8, 4) is 12.1 Å². The first kappa shape index (κ1) is 16.5. The largest absolute Gasteiger partial charge is 0.299 e. The third-order valence-electron chi connectivity index (χ3n) is 7.63. The highest BCUT2D eigenvalue weighted by Crippen LogP contribution is 2.70. The zero-order chi connectivity index (χ0) is 18.1. The molecule has 0 saturated heterocycles. The number of hydrogen-bond acceptors (Lipinski definition) is 3. The Balaban J connectivity index is 1.52. The van der Waals surface area contributed by atoms with Crippen LogP contribution in [0, 0.1) is 57.2 Å². The van der Waals surface area contributed by atoms with Gasteiger partial charge in [-0.15, -0.1) is 0 Å². The molecule has 6 rings (SSSR count). The third kappa shape index (κ3) is 2.12. The van der Waals surface area contributed by atoms with Crippen LogP contribution in [0.4, 0.5) is 0 Å². The van der Waals surface area contributed by atoms with Crippen LogP contribution in [0.1, 0.15) is 50.0 Å². The number of carbonyl (C=O) groups excluding carboxylic acids is 1. The van der Waals surface area contributed by atoms with Crippen LogP contribution in [0.25, 0.3) is 0 Å². The molecule has 0 spiro atoms. The quantitative estimate of drug-likeness (QED) is 0.707. The predicted octanol–water partition coefficient (Wildman–Crippen LogP) is 4.98. The van der Waals surface area contributed by atoms with Crippen LogP contribution in [0.5, 0.6) is 0 Å². The minimum atomic E-state index is -1.18. The van der Waals surface area contributed by atoms with Crippen molar-refractivity contribution in [2.24, 2.45) is 34.5 Å². The number of nitrogens with zero attached hydrogens (tertiary/aromatic N) is 2. The van der Waals surface area contributed by atoms with E-state index in [9.17, 15) is 15.3 Å². The second kappa shape index (κ2) is 5.43. The highest BCUT2D eigenvalue weighted by molar-refractivity contribution is 9.10. The van der Waals surface area contributed by atoms with Crippen LogP contribution >= 0.6 is 15.9 Å². The van der Waals surface area contributed by atoms with Crippen LogP contribution < -0.4 is 0 Å². The van der Waals surface area contributed by atoms with Crippen molar-refractivity contribution in [1.82, 2.24) is 0 Å². The van der Waals surface area contributed by atoms with E-state index in [0.29, 0.717) is 17.8 Å². The summed E-state index contributed by atoms with van der Waals surface area (Å²) in [6, 6.07) is 12.2. The lowest BCUT2D eigenvalue weighted by Crippen LogP contribution is -2.50. The Kier molecular flexibility index (Phi) is 3.45. The summed E-state index contributed by atoms with van der Waals surface area (Å²) in [4.78, 5) is 13.7. The molecule has 5 aliphatic carbocycles. The van der Waals surface area contributed by atoms with Gasteiger partial charge < -0.3 is 0 Å². The van der Waals surface area contributed by atoms with E-state index in [0.717, 1.165) is 29.3 Å². The minimum absolute atomic E-state index is 0.227. The summed E-state index contributed by atoms with van der Waals surface area (Å²) < 4.78 is 0.924. The van der Waals surface area contributed by atoms with Gasteiger partial charge in [-0.05, 0) is 74.0 Å². The van der Waals surface area contributed by atoms with E-state index in [2.05, 4.69) is 28.1 Å². The molecule has 4 bridgehead atoms. The summed E-state index contributed by atoms with van der Waals surface area (Å²) in [7, 11) is 0. The predicted molar refractivity (Wildman–Crippen MR) is 99.6 cm³/mol. The first-order valence-corrected chi connectivity index (χ1v) is 10.4. The van der Waals surface area contributed by atoms with Gasteiger partial charge >= 0.3 is 0 Å². The lowest BCUT2D eigenvalue weighted by Gasteiger charge is -2.56. The molecule has 1 aromatic carbocycles. The summed E-state index contributed by atoms with van der Waals surface area (Å²) in [6.07, 6.45) is 6.83. The van der Waals surface area contributed by atoms with E-state index in [1.54, 1.807) is 0 Å². The molecule has 5 fully saturated rings. The molecule has 2 atom stereocenters. The van der Waals surface area contributed by atoms with Crippen LogP contribution in [-0.2, 0) is 4.79 Å². The number of nitriles is 2. The molecular weight excluding hydrogens is 388 g/mol. The smallest absolute Gasteiger partial charge is 0.161 e. The van der Waals surface area contributed by atoms with E-state index < -0.39 is 11.3 Å². The van der Waals surface area contributed by atoms with Crippen molar-refractivity contribution < 1.29 is 4.79 Å². The topological polar surface area (TPSA) is 64.7 Å². The fourth-order valence-electron chi connectivity index (χ4n) is 6.95. The second-order valence-electron chi connectivity index (χ2n) is 9.17. The molecule has 0 radical (unpaired) electrons. The molecule has 0 aromatic heterocycles. The Hall–Kier alpha value is -1.65. The molecule has 5 saturated carbocycles. The highest BCUT2D eigenvalue weighted by atomic mass is 79.9. The van der Waals surface area contributed by atoms with E-state index in [4.69, 9.17) is 0 Å². The minimum Gasteiger partial charge on any atom is -0.299 e. The lowest BCUT2D eigenvalue weighted by atomic mass is 9.48. The van der Waals surface area contributed by atoms with Gasteiger partial charge in [0, 0.05) is 15.8 Å². The number of halogens is 1. The Bertz CT molecular complexity index is 828. The molecule has 5 aliphatic rings. The van der Waals surface area contributed by atoms with Gasteiger partial charge in [0.2, 0.25) is 0 Å². The molecule has 0 unspecified atom stereocenters. The molecule has 26 heavy (non-hydrogen) atoms. The zero-order valence-electron chi connectivity index (χ0n) is 14.6. The van der Waals surface area contributed by atoms with Crippen molar-refractivity contribution in [2.45, 2.75) is 44.4 Å². The first-order chi connectivity index (χ1) is 12.5. The van der Waals surface area contributed by atoms with Crippen LogP contribution in [-0.4, -0.2) is 5.78 Å². The number of rotatable bonds is 3. The van der Waals surface area contributed by atoms with Gasteiger partial charge in [0.15, 0.2) is 5.41 Å². The molecule has 0 N–H and O–H groups in total. The molecular formula is C22H21BrN2O. The molecule has 0 aliphatic heterocycles. The monoisotopic (exact) mass is 408 g/mol. The zero-order valence-corrected chi connectivity index (χ0v) is 16.2. The van der Waals surface area contributed by atoms with Gasteiger partial charge in [-0.3, -0.25) is 4.79 Å². The second-order valence-corrected chi connectivity index (χ2v) is 10.1. The summed E-state index contributed by atoms with van der Waals surface area (Å²) in [5, 5.41) is 19.6. The summed E-state index contributed by atoms with van der Waals surface area (Å²) in [6.45, 7) is 0. The normalized spacial score (nSPS) is 41.3. The fraction of sp³-hybridized carbons (Fsp3) is 0.591. The number of carbonyl (C=O) groups is 1. The van der Waals surface area contributed by atoms with Crippen LogP contribution in [0.2, 0.25) is 0 Å². The third-order valence-corrected chi connectivity index (χ3v) is 8.12. The van der Waals surface area contributed by atoms with Crippen LogP contribution in [0.15, 0.2) is 28.7 Å². The summed E-state index contributed by atoms with van der Waals surface area (Å²) in [5.41, 5.74) is -0.495. The Morgan fingerprint density at radius 1 is 1.04 bits per heavy atom. The Labute approximate surface area is 162 Å². The Morgan fingerprint density at radius 3 is 2.12 bits per heavy atom. The van der Waals surface area contributed by atoms with Crippen molar-refractivity contribution in [3.05, 3.63) is 34.3 Å². The van der Waals surface area contributed by atoms with Gasteiger partial charge in [-0.25, -0.2) is 0 Å². The van der Waals surface area contributed by atoms with E-state index >= 15 is 0 Å². The van der Waals surface area contributed by atoms with E-state index in [1.807, 2.05) is 24.3 Å². The molecule has 3 nitrogen and oxygen atoms in total. The number of hydrogen-bond donors (Lipinski definition) is 0. The standard InChI is InChI=1S/C22H21BrN2O/c23-17-3-1-2-16(7-17)18-19(22(18,11-24)12-25)20(26)21-8-13-4-14(9-21)6-15(5-13)10-21/h1-3,7,13-15,18-19H,4-6,8-10H2/t13?,14?,15?,18-,19-,21?/m1/s1. The van der Waals surface area contributed by atoms with Crippen molar-refractivity contribution >= 4 is 21.7 Å². The lowest BCUT2D eigenvalue weighted by molar-refractivity contribution is -0.145. The highest BCUT2D eigenvalue weighted by Gasteiger charge is 2.73. The molecule has 1 aromatic rings. The van der Waals surface area contributed by atoms with Gasteiger partial charge in [0.1, 0.15) is 5.78 Å². The van der Waals surface area contributed by atoms with Crippen molar-refractivity contribution in [3.63, 3.8) is 0 Å². The van der Waals surface area contributed by atoms with Crippen molar-refractivity contribution in [2.75, 3.05) is 0 Å². The van der Waals surface area contributed by atoms with Gasteiger partial charge in [0.05, 0.1) is 18.1 Å². The van der Waals surface area contributed by atoms with Crippen molar-refractivity contribution in [1.29, 1.82) is 10.5 Å². The van der Waals surface area contributed by atoms with Gasteiger partial charge in [0.25, 0.3) is 0 Å². The maximum absolute atomic E-state index is 13.7. The number of Topliss-reactive ketones (excluding diaryl/α,β-unsaturated/α-hetero) is 1. The number of benzene rings is 1. The van der Waals surface area contributed by atoms with E-state index in [1.165, 1.54) is 19.3 Å². The SMILES string of the molecule is N#CC1(C#N)[C@H](c2cccc(Br)c2)[C@@H]1C(=O)C12CC3CC(CC(C3)C1)C2. The van der Waals surface area contributed by atoms with Crippen LogP contribution in [0.3, 0.4) is 0 Å². The molecule has 0 heterocycles. The average molecular weight is 409 g/mol. The van der Waals surface area contributed by atoms with Gasteiger partial charge in [-0.2, -0.15) is 10.5 Å². The van der Waals surface area contributed by atoms with Gasteiger partial charge in [-0.1, -0.05) is 28.1 Å². The number of ketones is 1. The summed E-state index contributed by atoms with van der Waals surface area (Å²) in [5.74, 6) is 1.55. The fourth-order valence-corrected chi connectivity index (χ4v) is 7.36. The first-order valence-electron chi connectivity index (χ1n) is 9.63. The Morgan fingerprint density at radius 2 is 1.62 bits per heavy atom. The molecule has 0 amide bonds. The average Bonchev–Trinajstić information content (AvgIpc) is 3.29. The molecule has 4 heteroatoms. The molecule has 132 valence electrons. The maximum atomic E-state index is 13.7. The van der Waals surface area contributed by atoms with E-state index in [-0.39, 0.29) is 17.1 Å². The summed E-state index contributed by atoms with van der Waals surface area (Å²) >= 11 is 3.48.